The predicted molar refractivity (Wildman–Crippen MR) is 67.8 cm³/mol. The molecular weight excluding hydrogens is 216 g/mol. The van der Waals surface area contributed by atoms with E-state index in [1.54, 1.807) is 12.1 Å². The van der Waals surface area contributed by atoms with Gasteiger partial charge in [-0.2, -0.15) is 0 Å². The van der Waals surface area contributed by atoms with Gasteiger partial charge in [-0.25, -0.2) is 0 Å². The van der Waals surface area contributed by atoms with Gasteiger partial charge in [0.05, 0.1) is 7.11 Å². The summed E-state index contributed by atoms with van der Waals surface area (Å²) in [6, 6.07) is 3.28. The van der Waals surface area contributed by atoms with Crippen LogP contribution in [0.2, 0.25) is 0 Å². The van der Waals surface area contributed by atoms with E-state index in [4.69, 9.17) is 4.74 Å². The first-order valence-corrected chi connectivity index (χ1v) is 6.07. The van der Waals surface area contributed by atoms with Crippen molar-refractivity contribution in [3.63, 3.8) is 0 Å². The summed E-state index contributed by atoms with van der Waals surface area (Å²) in [6.45, 7) is 5.94. The first-order valence-electron chi connectivity index (χ1n) is 6.07. The van der Waals surface area contributed by atoms with Gasteiger partial charge in [-0.1, -0.05) is 20.8 Å². The third-order valence-corrected chi connectivity index (χ3v) is 2.96. The van der Waals surface area contributed by atoms with E-state index in [1.165, 1.54) is 7.11 Å². The summed E-state index contributed by atoms with van der Waals surface area (Å²) < 4.78 is 4.99. The van der Waals surface area contributed by atoms with Crippen LogP contribution in [0.1, 0.15) is 43.1 Å². The van der Waals surface area contributed by atoms with Gasteiger partial charge in [0.2, 0.25) is 0 Å². The highest BCUT2D eigenvalue weighted by molar-refractivity contribution is 6.00. The molecule has 1 aromatic carbocycles. The number of fused-ring (bicyclic) bond motifs is 1. The molecule has 0 bridgehead atoms. The van der Waals surface area contributed by atoms with Crippen molar-refractivity contribution < 1.29 is 14.6 Å². The van der Waals surface area contributed by atoms with Gasteiger partial charge in [0, 0.05) is 11.5 Å². The SMILES string of the molecule is CC.COc1cc2c(cc1O)CCC(C)C2=O. The maximum absolute atomic E-state index is 11.9. The van der Waals surface area contributed by atoms with Crippen molar-refractivity contribution in [1.82, 2.24) is 0 Å². The zero-order chi connectivity index (χ0) is 13.0. The Kier molecular flexibility index (Phi) is 4.55. The van der Waals surface area contributed by atoms with E-state index in [2.05, 4.69) is 0 Å². The Bertz CT molecular complexity index is 410. The second-order valence-corrected chi connectivity index (χ2v) is 3.99. The van der Waals surface area contributed by atoms with E-state index < -0.39 is 0 Å². The molecule has 0 saturated carbocycles. The number of phenolic OH excluding ortho intramolecular Hbond substituents is 1. The standard InChI is InChI=1S/C12H14O3.C2H6/c1-7-3-4-8-5-10(13)11(15-2)6-9(8)12(7)14;1-2/h5-7,13H,3-4H2,1-2H3;1-2H3. The normalized spacial score (nSPS) is 17.9. The second-order valence-electron chi connectivity index (χ2n) is 3.99. The van der Waals surface area contributed by atoms with Crippen molar-refractivity contribution in [2.24, 2.45) is 5.92 Å². The Morgan fingerprint density at radius 3 is 2.59 bits per heavy atom. The molecule has 0 aromatic heterocycles. The van der Waals surface area contributed by atoms with Crippen molar-refractivity contribution in [2.75, 3.05) is 7.11 Å². The number of rotatable bonds is 1. The number of ether oxygens (including phenoxy) is 1. The summed E-state index contributed by atoms with van der Waals surface area (Å²) in [6.07, 6.45) is 1.71. The predicted octanol–water partition coefficient (Wildman–Crippen LogP) is 3.19. The quantitative estimate of drug-likeness (QED) is 0.814. The molecule has 94 valence electrons. The number of Topliss-reactive ketones (excluding diaryl/α,β-unsaturated/α-hetero) is 1. The number of benzene rings is 1. The molecule has 1 unspecified atom stereocenters. The van der Waals surface area contributed by atoms with Crippen molar-refractivity contribution in [2.45, 2.75) is 33.6 Å². The van der Waals surface area contributed by atoms with Crippen LogP contribution in [0, 0.1) is 5.92 Å². The van der Waals surface area contributed by atoms with Crippen molar-refractivity contribution in [3.05, 3.63) is 23.3 Å². The van der Waals surface area contributed by atoms with Crippen LogP contribution in [-0.4, -0.2) is 18.0 Å². The van der Waals surface area contributed by atoms with Gasteiger partial charge in [-0.15, -0.1) is 0 Å². The number of phenols is 1. The Hall–Kier alpha value is -1.51. The largest absolute Gasteiger partial charge is 0.504 e. The molecule has 0 saturated heterocycles. The Labute approximate surface area is 102 Å². The minimum absolute atomic E-state index is 0.0757. The maximum atomic E-state index is 11.9. The molecule has 0 radical (unpaired) electrons. The monoisotopic (exact) mass is 236 g/mol. The molecule has 17 heavy (non-hydrogen) atoms. The fraction of sp³-hybridized carbons (Fsp3) is 0.500. The number of hydrogen-bond donors (Lipinski definition) is 1. The fourth-order valence-electron chi connectivity index (χ4n) is 1.98. The van der Waals surface area contributed by atoms with Gasteiger partial charge in [-0.05, 0) is 30.5 Å². The highest BCUT2D eigenvalue weighted by Crippen LogP contribution is 2.34. The van der Waals surface area contributed by atoms with Crippen LogP contribution in [0.25, 0.3) is 0 Å². The number of aryl methyl sites for hydroxylation is 1. The smallest absolute Gasteiger partial charge is 0.166 e. The number of hydrogen-bond acceptors (Lipinski definition) is 3. The van der Waals surface area contributed by atoms with E-state index in [-0.39, 0.29) is 17.5 Å². The fourth-order valence-corrected chi connectivity index (χ4v) is 1.98. The molecule has 0 amide bonds. The highest BCUT2D eigenvalue weighted by atomic mass is 16.5. The first-order chi connectivity index (χ1) is 8.13. The second kappa shape index (κ2) is 5.71. The Morgan fingerprint density at radius 1 is 1.35 bits per heavy atom. The van der Waals surface area contributed by atoms with E-state index in [1.807, 2.05) is 20.8 Å². The molecule has 0 fully saturated rings. The average Bonchev–Trinajstić information content (AvgIpc) is 2.36. The third kappa shape index (κ3) is 2.60. The molecule has 3 heteroatoms. The Morgan fingerprint density at radius 2 is 2.00 bits per heavy atom. The summed E-state index contributed by atoms with van der Waals surface area (Å²) in [7, 11) is 1.48. The van der Waals surface area contributed by atoms with Gasteiger partial charge in [-0.3, -0.25) is 4.79 Å². The average molecular weight is 236 g/mol. The van der Waals surface area contributed by atoms with Crippen molar-refractivity contribution in [1.29, 1.82) is 0 Å². The zero-order valence-corrected chi connectivity index (χ0v) is 10.9. The van der Waals surface area contributed by atoms with Gasteiger partial charge >= 0.3 is 0 Å². The van der Waals surface area contributed by atoms with E-state index in [0.29, 0.717) is 11.3 Å². The molecule has 2 rings (SSSR count). The molecule has 0 heterocycles. The summed E-state index contributed by atoms with van der Waals surface area (Å²) in [4.78, 5) is 11.9. The van der Waals surface area contributed by atoms with Crippen molar-refractivity contribution in [3.8, 4) is 11.5 Å². The topological polar surface area (TPSA) is 46.5 Å². The highest BCUT2D eigenvalue weighted by Gasteiger charge is 2.25. The lowest BCUT2D eigenvalue weighted by Gasteiger charge is -2.21. The van der Waals surface area contributed by atoms with Crippen LogP contribution >= 0.6 is 0 Å². The molecule has 3 nitrogen and oxygen atoms in total. The van der Waals surface area contributed by atoms with Gasteiger partial charge in [0.15, 0.2) is 17.3 Å². The maximum Gasteiger partial charge on any atom is 0.166 e. The number of ketones is 1. The van der Waals surface area contributed by atoms with Crippen LogP contribution in [0.5, 0.6) is 11.5 Å². The van der Waals surface area contributed by atoms with E-state index in [9.17, 15) is 9.90 Å². The number of aromatic hydroxyl groups is 1. The van der Waals surface area contributed by atoms with Gasteiger partial charge < -0.3 is 9.84 Å². The molecule has 1 atom stereocenters. The molecule has 0 spiro atoms. The zero-order valence-electron chi connectivity index (χ0n) is 10.9. The number of carbonyl (C=O) groups excluding carboxylic acids is 1. The summed E-state index contributed by atoms with van der Waals surface area (Å²) in [5.41, 5.74) is 1.62. The molecule has 0 aliphatic heterocycles. The van der Waals surface area contributed by atoms with Crippen LogP contribution < -0.4 is 4.74 Å². The Balaban J connectivity index is 0.000000686. The molecular formula is C14H20O3. The minimum Gasteiger partial charge on any atom is -0.504 e. The third-order valence-electron chi connectivity index (χ3n) is 2.96. The summed E-state index contributed by atoms with van der Waals surface area (Å²) in [5, 5.41) is 9.58. The van der Waals surface area contributed by atoms with Crippen LogP contribution in [0.4, 0.5) is 0 Å². The lowest BCUT2D eigenvalue weighted by atomic mass is 9.83. The number of carbonyl (C=O) groups is 1. The van der Waals surface area contributed by atoms with E-state index in [0.717, 1.165) is 18.4 Å². The molecule has 1 aliphatic carbocycles. The van der Waals surface area contributed by atoms with Gasteiger partial charge in [0.1, 0.15) is 0 Å². The van der Waals surface area contributed by atoms with E-state index >= 15 is 0 Å². The van der Waals surface area contributed by atoms with Crippen LogP contribution in [0.15, 0.2) is 12.1 Å². The van der Waals surface area contributed by atoms with Crippen LogP contribution in [0.3, 0.4) is 0 Å². The minimum atomic E-state index is 0.0757. The lowest BCUT2D eigenvalue weighted by molar-refractivity contribution is 0.0913. The molecule has 1 aromatic rings. The molecule has 1 N–H and O–H groups in total. The molecule has 1 aliphatic rings. The number of methoxy groups -OCH3 is 1. The summed E-state index contributed by atoms with van der Waals surface area (Å²) >= 11 is 0. The first kappa shape index (κ1) is 13.6. The van der Waals surface area contributed by atoms with Gasteiger partial charge in [0.25, 0.3) is 0 Å². The summed E-state index contributed by atoms with van der Waals surface area (Å²) in [5.74, 6) is 0.705. The lowest BCUT2D eigenvalue weighted by Crippen LogP contribution is -2.19. The van der Waals surface area contributed by atoms with Crippen LogP contribution in [-0.2, 0) is 6.42 Å². The van der Waals surface area contributed by atoms with Crippen molar-refractivity contribution >= 4 is 5.78 Å².